The molecule has 1 N–H and O–H groups in total. The molecule has 0 aliphatic rings. The largest absolute Gasteiger partial charge is 0.338 e. The van der Waals surface area contributed by atoms with Gasteiger partial charge in [0.2, 0.25) is 5.43 Å². The lowest BCUT2D eigenvalue weighted by Crippen LogP contribution is -2.04. The summed E-state index contributed by atoms with van der Waals surface area (Å²) in [4.78, 5) is 30.0. The van der Waals surface area contributed by atoms with Gasteiger partial charge in [0.1, 0.15) is 6.33 Å². The third kappa shape index (κ3) is 2.55. The van der Waals surface area contributed by atoms with Crippen LogP contribution in [-0.2, 0) is 0 Å². The molecule has 4 aromatic rings. The third-order valence-electron chi connectivity index (χ3n) is 3.82. The van der Waals surface area contributed by atoms with Crippen LogP contribution < -0.4 is 5.43 Å². The highest BCUT2D eigenvalue weighted by Gasteiger charge is 2.10. The van der Waals surface area contributed by atoms with Crippen molar-refractivity contribution < 1.29 is 4.92 Å². The van der Waals surface area contributed by atoms with Gasteiger partial charge in [0.25, 0.3) is 5.69 Å². The van der Waals surface area contributed by atoms with Crippen molar-refractivity contribution in [2.75, 3.05) is 0 Å². The van der Waals surface area contributed by atoms with Crippen LogP contribution in [0.3, 0.4) is 0 Å². The molecule has 0 saturated heterocycles. The quantitative estimate of drug-likeness (QED) is 0.353. The monoisotopic (exact) mass is 333 g/mol. The van der Waals surface area contributed by atoms with Gasteiger partial charge in [0.05, 0.1) is 16.7 Å². The number of nitrogens with zero attached hydrogens (tertiary/aromatic N) is 4. The van der Waals surface area contributed by atoms with Crippen LogP contribution in [0, 0.1) is 10.1 Å². The Labute approximate surface area is 140 Å². The number of nitro benzene ring substituents is 1. The first kappa shape index (κ1) is 14.8. The summed E-state index contributed by atoms with van der Waals surface area (Å²) in [6.07, 6.45) is 2.99. The van der Waals surface area contributed by atoms with Crippen molar-refractivity contribution in [3.63, 3.8) is 0 Å². The zero-order chi connectivity index (χ0) is 17.4. The van der Waals surface area contributed by atoms with Crippen LogP contribution in [-0.4, -0.2) is 25.8 Å². The first-order valence-electron chi connectivity index (χ1n) is 7.40. The van der Waals surface area contributed by atoms with Crippen LogP contribution in [0.1, 0.15) is 5.56 Å². The van der Waals surface area contributed by atoms with Crippen molar-refractivity contribution in [3.05, 3.63) is 80.8 Å². The highest BCUT2D eigenvalue weighted by Crippen LogP contribution is 2.14. The maximum atomic E-state index is 12.5. The molecule has 0 saturated carbocycles. The summed E-state index contributed by atoms with van der Waals surface area (Å²) >= 11 is 0. The van der Waals surface area contributed by atoms with Crippen molar-refractivity contribution >= 4 is 34.0 Å². The average Bonchev–Trinajstić information content (AvgIpc) is 3.04. The maximum Gasteiger partial charge on any atom is 0.269 e. The zero-order valence-electron chi connectivity index (χ0n) is 12.8. The first-order valence-corrected chi connectivity index (χ1v) is 7.40. The summed E-state index contributed by atoms with van der Waals surface area (Å²) in [5.74, 6) is 0. The Balaban J connectivity index is 1.77. The summed E-state index contributed by atoms with van der Waals surface area (Å²) in [6.45, 7) is 0. The van der Waals surface area contributed by atoms with E-state index >= 15 is 0 Å². The van der Waals surface area contributed by atoms with Gasteiger partial charge in [-0.15, -0.1) is 0 Å². The summed E-state index contributed by atoms with van der Waals surface area (Å²) in [5, 5.41) is 15.5. The van der Waals surface area contributed by atoms with Crippen LogP contribution in [0.4, 0.5) is 5.69 Å². The molecule has 0 fully saturated rings. The van der Waals surface area contributed by atoms with Gasteiger partial charge in [-0.1, -0.05) is 12.1 Å². The summed E-state index contributed by atoms with van der Waals surface area (Å²) in [7, 11) is 0. The van der Waals surface area contributed by atoms with E-state index in [1.165, 1.54) is 23.1 Å². The van der Waals surface area contributed by atoms with E-state index in [4.69, 9.17) is 0 Å². The summed E-state index contributed by atoms with van der Waals surface area (Å²) < 4.78 is 1.46. The number of nitro groups is 1. The van der Waals surface area contributed by atoms with E-state index in [1.54, 1.807) is 30.5 Å². The van der Waals surface area contributed by atoms with E-state index in [1.807, 2.05) is 12.1 Å². The molecule has 2 aromatic carbocycles. The highest BCUT2D eigenvalue weighted by molar-refractivity contribution is 5.89. The van der Waals surface area contributed by atoms with Gasteiger partial charge in [-0.25, -0.2) is 9.66 Å². The number of nitrogens with one attached hydrogen (secondary N) is 1. The number of hydrogen-bond acceptors (Lipinski definition) is 5. The van der Waals surface area contributed by atoms with Gasteiger partial charge in [-0.2, -0.15) is 5.10 Å². The SMILES string of the molecule is O=c1c2ccccc2[nH]c2c1ncn2N=Cc1ccc([N+](=O)[O-])cc1. The minimum absolute atomic E-state index is 0.0148. The van der Waals surface area contributed by atoms with E-state index in [0.717, 1.165) is 0 Å². The third-order valence-corrected chi connectivity index (χ3v) is 3.82. The lowest BCUT2D eigenvalue weighted by Gasteiger charge is -2.00. The number of hydrogen-bond donors (Lipinski definition) is 1. The van der Waals surface area contributed by atoms with Gasteiger partial charge in [-0.05, 0) is 29.8 Å². The van der Waals surface area contributed by atoms with Crippen LogP contribution in [0.25, 0.3) is 22.1 Å². The Bertz CT molecular complexity index is 1190. The maximum absolute atomic E-state index is 12.5. The highest BCUT2D eigenvalue weighted by atomic mass is 16.6. The van der Waals surface area contributed by atoms with Gasteiger partial charge in [0.15, 0.2) is 11.2 Å². The lowest BCUT2D eigenvalue weighted by atomic mass is 10.2. The van der Waals surface area contributed by atoms with E-state index in [9.17, 15) is 14.9 Å². The molecule has 122 valence electrons. The van der Waals surface area contributed by atoms with Crippen molar-refractivity contribution in [1.82, 2.24) is 14.6 Å². The number of non-ortho nitro benzene ring substituents is 1. The second kappa shape index (κ2) is 5.68. The van der Waals surface area contributed by atoms with E-state index in [0.29, 0.717) is 27.6 Å². The Morgan fingerprint density at radius 3 is 2.68 bits per heavy atom. The number of fused-ring (bicyclic) bond motifs is 2. The number of aromatic amines is 1. The molecule has 0 amide bonds. The van der Waals surface area contributed by atoms with Crippen molar-refractivity contribution in [2.24, 2.45) is 5.10 Å². The average molecular weight is 333 g/mol. The fourth-order valence-corrected chi connectivity index (χ4v) is 2.57. The second-order valence-corrected chi connectivity index (χ2v) is 5.38. The Morgan fingerprint density at radius 1 is 1.16 bits per heavy atom. The number of imidazole rings is 1. The molecule has 2 heterocycles. The van der Waals surface area contributed by atoms with Gasteiger partial charge < -0.3 is 4.98 Å². The fraction of sp³-hybridized carbons (Fsp3) is 0. The van der Waals surface area contributed by atoms with Crippen LogP contribution in [0.5, 0.6) is 0 Å². The molecule has 0 radical (unpaired) electrons. The molecular weight excluding hydrogens is 322 g/mol. The van der Waals surface area contributed by atoms with E-state index in [2.05, 4.69) is 15.1 Å². The number of rotatable bonds is 3. The molecule has 0 spiro atoms. The van der Waals surface area contributed by atoms with Crippen LogP contribution in [0.2, 0.25) is 0 Å². The molecule has 8 heteroatoms. The number of benzene rings is 2. The zero-order valence-corrected chi connectivity index (χ0v) is 12.8. The molecule has 0 atom stereocenters. The van der Waals surface area contributed by atoms with Crippen LogP contribution >= 0.6 is 0 Å². The Hall–Kier alpha value is -3.81. The molecule has 0 aliphatic carbocycles. The van der Waals surface area contributed by atoms with Crippen molar-refractivity contribution in [1.29, 1.82) is 0 Å². The molecule has 8 nitrogen and oxygen atoms in total. The smallest absolute Gasteiger partial charge is 0.269 e. The number of para-hydroxylation sites is 1. The predicted octanol–water partition coefficient (Wildman–Crippen LogP) is 2.67. The molecule has 25 heavy (non-hydrogen) atoms. The van der Waals surface area contributed by atoms with Gasteiger partial charge in [-0.3, -0.25) is 14.9 Å². The summed E-state index contributed by atoms with van der Waals surface area (Å²) in [6, 6.07) is 13.2. The molecular formula is C17H11N5O3. The topological polar surface area (TPSA) is 106 Å². The standard InChI is InChI=1S/C17H11N5O3/c23-16-13-3-1-2-4-14(13)20-17-15(16)18-10-21(17)19-9-11-5-7-12(8-6-11)22(24)25/h1-10H,(H,20,23). The van der Waals surface area contributed by atoms with E-state index < -0.39 is 4.92 Å². The lowest BCUT2D eigenvalue weighted by molar-refractivity contribution is -0.384. The van der Waals surface area contributed by atoms with Gasteiger partial charge >= 0.3 is 0 Å². The molecule has 2 aromatic heterocycles. The number of pyridine rings is 1. The second-order valence-electron chi connectivity index (χ2n) is 5.38. The van der Waals surface area contributed by atoms with E-state index in [-0.39, 0.29) is 11.1 Å². The molecule has 0 unspecified atom stereocenters. The molecule has 0 bridgehead atoms. The molecule has 0 aliphatic heterocycles. The Kier molecular flexibility index (Phi) is 3.35. The minimum Gasteiger partial charge on any atom is -0.338 e. The molecule has 4 rings (SSSR count). The van der Waals surface area contributed by atoms with Gasteiger partial charge in [0, 0.05) is 17.5 Å². The van der Waals surface area contributed by atoms with Crippen molar-refractivity contribution in [2.45, 2.75) is 0 Å². The van der Waals surface area contributed by atoms with Crippen molar-refractivity contribution in [3.8, 4) is 0 Å². The fourth-order valence-electron chi connectivity index (χ4n) is 2.57. The normalized spacial score (nSPS) is 11.5. The minimum atomic E-state index is -0.458. The predicted molar refractivity (Wildman–Crippen MR) is 93.9 cm³/mol. The Morgan fingerprint density at radius 2 is 1.92 bits per heavy atom. The summed E-state index contributed by atoms with van der Waals surface area (Å²) in [5.41, 5.74) is 2.04. The first-order chi connectivity index (χ1) is 12.1. The number of H-pyrrole nitrogens is 1. The number of aromatic nitrogens is 3. The van der Waals surface area contributed by atoms with Crippen LogP contribution in [0.15, 0.2) is 64.8 Å².